The van der Waals surface area contributed by atoms with Crippen LogP contribution in [-0.4, -0.2) is 17.4 Å². The van der Waals surface area contributed by atoms with Crippen LogP contribution in [0.25, 0.3) is 0 Å². The Morgan fingerprint density at radius 3 is 2.64 bits per heavy atom. The average Bonchev–Trinajstić information content (AvgIpc) is 2.60. The molecular formula is C19H22N2O4. The van der Waals surface area contributed by atoms with E-state index in [0.717, 1.165) is 19.3 Å². The molecule has 1 N–H and O–H groups in total. The molecule has 132 valence electrons. The number of unbranched alkanes of at least 4 members (excludes halogenated alkanes) is 2. The molecule has 0 radical (unpaired) electrons. The summed E-state index contributed by atoms with van der Waals surface area (Å²) in [7, 11) is 0. The Balaban J connectivity index is 2.16. The Morgan fingerprint density at radius 2 is 1.92 bits per heavy atom. The minimum Gasteiger partial charge on any atom is -0.493 e. The number of nitrogens with zero attached hydrogens (tertiary/aromatic N) is 1. The number of amides is 1. The van der Waals surface area contributed by atoms with Crippen molar-refractivity contribution in [3.8, 4) is 5.75 Å². The van der Waals surface area contributed by atoms with Crippen molar-refractivity contribution in [2.45, 2.75) is 33.1 Å². The molecule has 2 aromatic carbocycles. The largest absolute Gasteiger partial charge is 0.493 e. The maximum absolute atomic E-state index is 12.6. The summed E-state index contributed by atoms with van der Waals surface area (Å²) >= 11 is 0. The summed E-state index contributed by atoms with van der Waals surface area (Å²) in [5, 5.41) is 13.8. The number of anilines is 1. The second kappa shape index (κ2) is 8.82. The van der Waals surface area contributed by atoms with Crippen molar-refractivity contribution in [2.75, 3.05) is 11.9 Å². The van der Waals surface area contributed by atoms with E-state index >= 15 is 0 Å². The van der Waals surface area contributed by atoms with Crippen molar-refractivity contribution in [3.63, 3.8) is 0 Å². The summed E-state index contributed by atoms with van der Waals surface area (Å²) in [4.78, 5) is 23.2. The van der Waals surface area contributed by atoms with E-state index in [0.29, 0.717) is 29.2 Å². The quantitative estimate of drug-likeness (QED) is 0.427. The van der Waals surface area contributed by atoms with Crippen LogP contribution in [0, 0.1) is 17.0 Å². The molecule has 0 aliphatic carbocycles. The molecule has 6 nitrogen and oxygen atoms in total. The van der Waals surface area contributed by atoms with Crippen LogP contribution in [0.2, 0.25) is 0 Å². The van der Waals surface area contributed by atoms with E-state index in [1.807, 2.05) is 6.07 Å². The first-order chi connectivity index (χ1) is 12.0. The second-order valence-electron chi connectivity index (χ2n) is 5.71. The third-order valence-electron chi connectivity index (χ3n) is 3.89. The molecule has 2 rings (SSSR count). The number of nitro groups is 1. The SMILES string of the molecule is CCCCCOc1ccccc1C(=O)Nc1cccc([N+](=O)[O-])c1C. The molecule has 0 saturated heterocycles. The van der Waals surface area contributed by atoms with Gasteiger partial charge in [0.15, 0.2) is 0 Å². The van der Waals surface area contributed by atoms with Crippen molar-refractivity contribution in [1.29, 1.82) is 0 Å². The fourth-order valence-corrected chi connectivity index (χ4v) is 2.46. The van der Waals surface area contributed by atoms with E-state index in [1.165, 1.54) is 6.07 Å². The number of rotatable bonds is 8. The Morgan fingerprint density at radius 1 is 1.16 bits per heavy atom. The Bertz CT molecular complexity index is 759. The van der Waals surface area contributed by atoms with Crippen LogP contribution in [0.15, 0.2) is 42.5 Å². The summed E-state index contributed by atoms with van der Waals surface area (Å²) in [5.41, 5.74) is 1.22. The highest BCUT2D eigenvalue weighted by Crippen LogP contribution is 2.26. The van der Waals surface area contributed by atoms with E-state index in [-0.39, 0.29) is 11.6 Å². The zero-order chi connectivity index (χ0) is 18.2. The molecule has 25 heavy (non-hydrogen) atoms. The van der Waals surface area contributed by atoms with Gasteiger partial charge in [0.1, 0.15) is 5.75 Å². The van der Waals surface area contributed by atoms with Gasteiger partial charge in [0.2, 0.25) is 0 Å². The molecule has 1 amide bonds. The number of benzene rings is 2. The number of ether oxygens (including phenoxy) is 1. The molecule has 0 spiro atoms. The maximum Gasteiger partial charge on any atom is 0.274 e. The third-order valence-corrected chi connectivity index (χ3v) is 3.89. The predicted octanol–water partition coefficient (Wildman–Crippen LogP) is 4.72. The molecule has 0 bridgehead atoms. The van der Waals surface area contributed by atoms with Crippen molar-refractivity contribution < 1.29 is 14.5 Å². The average molecular weight is 342 g/mol. The minimum absolute atomic E-state index is 0.0260. The molecule has 0 unspecified atom stereocenters. The number of hydrogen-bond donors (Lipinski definition) is 1. The number of carbonyl (C=O) groups excluding carboxylic acids is 1. The molecule has 0 heterocycles. The number of nitrogens with one attached hydrogen (secondary N) is 1. The fraction of sp³-hybridized carbons (Fsp3) is 0.316. The van der Waals surface area contributed by atoms with Crippen molar-refractivity contribution in [3.05, 3.63) is 63.7 Å². The summed E-state index contributed by atoms with van der Waals surface area (Å²) in [6.07, 6.45) is 3.09. The lowest BCUT2D eigenvalue weighted by Gasteiger charge is -2.12. The molecule has 0 aliphatic heterocycles. The van der Waals surface area contributed by atoms with Crippen LogP contribution < -0.4 is 10.1 Å². The molecule has 0 saturated carbocycles. The topological polar surface area (TPSA) is 81.5 Å². The van der Waals surface area contributed by atoms with Gasteiger partial charge in [-0.1, -0.05) is 38.0 Å². The highest BCUT2D eigenvalue weighted by Gasteiger charge is 2.17. The molecular weight excluding hydrogens is 320 g/mol. The second-order valence-corrected chi connectivity index (χ2v) is 5.71. The van der Waals surface area contributed by atoms with E-state index in [4.69, 9.17) is 4.74 Å². The van der Waals surface area contributed by atoms with Gasteiger partial charge < -0.3 is 10.1 Å². The van der Waals surface area contributed by atoms with Gasteiger partial charge in [0.05, 0.1) is 28.3 Å². The van der Waals surface area contributed by atoms with Gasteiger partial charge in [-0.2, -0.15) is 0 Å². The normalized spacial score (nSPS) is 10.3. The Kier molecular flexibility index (Phi) is 6.51. The summed E-state index contributed by atoms with van der Waals surface area (Å²) < 4.78 is 5.72. The van der Waals surface area contributed by atoms with E-state index in [9.17, 15) is 14.9 Å². The van der Waals surface area contributed by atoms with E-state index < -0.39 is 4.92 Å². The van der Waals surface area contributed by atoms with Crippen molar-refractivity contribution >= 4 is 17.3 Å². The van der Waals surface area contributed by atoms with Crippen LogP contribution in [-0.2, 0) is 0 Å². The van der Waals surface area contributed by atoms with Crippen LogP contribution in [0.4, 0.5) is 11.4 Å². The van der Waals surface area contributed by atoms with Gasteiger partial charge >= 0.3 is 0 Å². The van der Waals surface area contributed by atoms with Gasteiger partial charge in [0, 0.05) is 6.07 Å². The molecule has 0 aliphatic rings. The molecule has 0 atom stereocenters. The lowest BCUT2D eigenvalue weighted by atomic mass is 10.1. The van der Waals surface area contributed by atoms with Gasteiger partial charge in [-0.15, -0.1) is 0 Å². The van der Waals surface area contributed by atoms with Gasteiger partial charge in [0.25, 0.3) is 11.6 Å². The van der Waals surface area contributed by atoms with Crippen LogP contribution in [0.3, 0.4) is 0 Å². The number of nitro benzene ring substituents is 1. The standard InChI is InChI=1S/C19H22N2O4/c1-3-4-7-13-25-18-12-6-5-9-15(18)19(22)20-16-10-8-11-17(14(16)2)21(23)24/h5-6,8-12H,3-4,7,13H2,1-2H3,(H,20,22). The first kappa shape index (κ1) is 18.4. The highest BCUT2D eigenvalue weighted by molar-refractivity contribution is 6.06. The summed E-state index contributed by atoms with van der Waals surface area (Å²) in [6.45, 7) is 4.28. The van der Waals surface area contributed by atoms with Crippen molar-refractivity contribution in [2.24, 2.45) is 0 Å². The lowest BCUT2D eigenvalue weighted by molar-refractivity contribution is -0.385. The smallest absolute Gasteiger partial charge is 0.274 e. The van der Waals surface area contributed by atoms with E-state index in [1.54, 1.807) is 37.3 Å². The molecule has 6 heteroatoms. The van der Waals surface area contributed by atoms with Crippen LogP contribution in [0.5, 0.6) is 5.75 Å². The third kappa shape index (κ3) is 4.79. The number of carbonyl (C=O) groups is 1. The van der Waals surface area contributed by atoms with Gasteiger partial charge in [-0.25, -0.2) is 0 Å². The predicted molar refractivity (Wildman–Crippen MR) is 97.2 cm³/mol. The maximum atomic E-state index is 12.6. The first-order valence-electron chi connectivity index (χ1n) is 8.31. The van der Waals surface area contributed by atoms with E-state index in [2.05, 4.69) is 12.2 Å². The summed E-state index contributed by atoms with van der Waals surface area (Å²) in [6, 6.07) is 11.6. The Labute approximate surface area is 147 Å². The number of hydrogen-bond acceptors (Lipinski definition) is 4. The van der Waals surface area contributed by atoms with Gasteiger partial charge in [-0.05, 0) is 31.5 Å². The lowest BCUT2D eigenvalue weighted by Crippen LogP contribution is -2.15. The zero-order valence-corrected chi connectivity index (χ0v) is 14.5. The van der Waals surface area contributed by atoms with Gasteiger partial charge in [-0.3, -0.25) is 14.9 Å². The Hall–Kier alpha value is -2.89. The van der Waals surface area contributed by atoms with Crippen LogP contribution in [0.1, 0.15) is 42.1 Å². The highest BCUT2D eigenvalue weighted by atomic mass is 16.6. The monoisotopic (exact) mass is 342 g/mol. The fourth-order valence-electron chi connectivity index (χ4n) is 2.46. The molecule has 0 fully saturated rings. The minimum atomic E-state index is -0.463. The first-order valence-corrected chi connectivity index (χ1v) is 8.31. The van der Waals surface area contributed by atoms with Crippen LogP contribution >= 0.6 is 0 Å². The molecule has 2 aromatic rings. The molecule has 0 aromatic heterocycles. The zero-order valence-electron chi connectivity index (χ0n) is 14.5. The summed E-state index contributed by atoms with van der Waals surface area (Å²) in [5.74, 6) is 0.161. The number of para-hydroxylation sites is 1. The van der Waals surface area contributed by atoms with Crippen molar-refractivity contribution in [1.82, 2.24) is 0 Å².